The smallest absolute Gasteiger partial charge is 0.263 e. The van der Waals surface area contributed by atoms with Crippen LogP contribution in [-0.2, 0) is 26.5 Å². The molecular weight excluding hydrogens is 522 g/mol. The number of carbonyl (C=O) groups is 1. The van der Waals surface area contributed by atoms with E-state index < -0.39 is 26.0 Å². The number of amides is 1. The number of nitrogens with zero attached hydrogens (tertiary/aromatic N) is 3. The van der Waals surface area contributed by atoms with Gasteiger partial charge in [-0.25, -0.2) is 16.8 Å². The Balaban J connectivity index is 1.40. The van der Waals surface area contributed by atoms with Gasteiger partial charge in [-0.2, -0.15) is 4.31 Å². The molecule has 0 spiro atoms. The number of benzene rings is 2. The van der Waals surface area contributed by atoms with Crippen molar-refractivity contribution in [2.45, 2.75) is 42.9 Å². The van der Waals surface area contributed by atoms with E-state index in [1.54, 1.807) is 0 Å². The highest BCUT2D eigenvalue weighted by Crippen LogP contribution is 2.24. The molecule has 0 unspecified atom stereocenters. The molecule has 1 aliphatic rings. The summed E-state index contributed by atoms with van der Waals surface area (Å²) in [4.78, 5) is 12.8. The topological polar surface area (TPSA) is 138 Å². The molecule has 0 aliphatic carbocycles. The van der Waals surface area contributed by atoms with Gasteiger partial charge in [-0.15, -0.1) is 10.2 Å². The van der Waals surface area contributed by atoms with Gasteiger partial charge in [0.1, 0.15) is 5.01 Å². The van der Waals surface area contributed by atoms with Gasteiger partial charge in [-0.3, -0.25) is 9.52 Å². The van der Waals surface area contributed by atoms with Crippen LogP contribution in [0.4, 0.5) is 10.8 Å². The summed E-state index contributed by atoms with van der Waals surface area (Å²) in [5, 5.41) is 11.3. The zero-order valence-electron chi connectivity index (χ0n) is 19.8. The highest BCUT2D eigenvalue weighted by Gasteiger charge is 2.28. The molecule has 36 heavy (non-hydrogen) atoms. The quantitative estimate of drug-likeness (QED) is 0.438. The molecule has 192 valence electrons. The Morgan fingerprint density at radius 2 is 1.69 bits per heavy atom. The van der Waals surface area contributed by atoms with Crippen molar-refractivity contribution in [1.82, 2.24) is 14.5 Å². The molecule has 1 saturated heterocycles. The van der Waals surface area contributed by atoms with Crippen molar-refractivity contribution in [1.29, 1.82) is 0 Å². The summed E-state index contributed by atoms with van der Waals surface area (Å²) in [5.41, 5.74) is 0.671. The first-order valence-electron chi connectivity index (χ1n) is 11.5. The lowest BCUT2D eigenvalue weighted by Gasteiger charge is -2.30. The van der Waals surface area contributed by atoms with E-state index in [4.69, 9.17) is 0 Å². The van der Waals surface area contributed by atoms with Crippen LogP contribution in [0.2, 0.25) is 0 Å². The van der Waals surface area contributed by atoms with Crippen LogP contribution in [0.3, 0.4) is 0 Å². The lowest BCUT2D eigenvalue weighted by molar-refractivity contribution is 0.102. The van der Waals surface area contributed by atoms with Crippen molar-refractivity contribution >= 4 is 48.1 Å². The molecule has 0 radical (unpaired) electrons. The summed E-state index contributed by atoms with van der Waals surface area (Å²) in [6.45, 7) is 4.93. The third-order valence-electron chi connectivity index (χ3n) is 5.79. The molecule has 2 aromatic carbocycles. The summed E-state index contributed by atoms with van der Waals surface area (Å²) in [6, 6.07) is 11.5. The molecule has 3 aromatic rings. The highest BCUT2D eigenvalue weighted by atomic mass is 32.2. The lowest BCUT2D eigenvalue weighted by Crippen LogP contribution is -2.39. The normalized spacial score (nSPS) is 17.0. The maximum atomic E-state index is 12.9. The molecule has 2 N–H and O–H groups in total. The van der Waals surface area contributed by atoms with Crippen molar-refractivity contribution in [3.05, 3.63) is 59.1 Å². The van der Waals surface area contributed by atoms with Crippen LogP contribution in [-0.4, -0.2) is 50.3 Å². The minimum absolute atomic E-state index is 0.00957. The first kappa shape index (κ1) is 26.2. The average molecular weight is 550 g/mol. The summed E-state index contributed by atoms with van der Waals surface area (Å²) < 4.78 is 54.9. The summed E-state index contributed by atoms with van der Waals surface area (Å²) in [5.74, 6) is -0.130. The zero-order valence-corrected chi connectivity index (χ0v) is 22.3. The summed E-state index contributed by atoms with van der Waals surface area (Å²) >= 11 is 1.16. The molecule has 10 nitrogen and oxygen atoms in total. The highest BCUT2D eigenvalue weighted by molar-refractivity contribution is 7.93. The van der Waals surface area contributed by atoms with Crippen molar-refractivity contribution in [2.24, 2.45) is 5.92 Å². The van der Waals surface area contributed by atoms with Gasteiger partial charge in [-0.05, 0) is 73.7 Å². The Labute approximate surface area is 214 Å². The van der Waals surface area contributed by atoms with Crippen LogP contribution in [0.5, 0.6) is 0 Å². The number of hydrogen-bond acceptors (Lipinski definition) is 8. The molecule has 0 bridgehead atoms. The average Bonchev–Trinajstić information content (AvgIpc) is 3.31. The predicted molar refractivity (Wildman–Crippen MR) is 138 cm³/mol. The van der Waals surface area contributed by atoms with Crippen LogP contribution < -0.4 is 10.0 Å². The van der Waals surface area contributed by atoms with Crippen molar-refractivity contribution < 1.29 is 21.6 Å². The minimum Gasteiger partial charge on any atom is -0.322 e. The SMILES string of the molecule is CCc1nnc(NS(=O)(=O)c2ccc(NC(=O)c3ccc(S(=O)(=O)N4CCC[C@H](C)C4)cc3)cc2)s1. The second-order valence-corrected chi connectivity index (χ2v) is 13.3. The Bertz CT molecular complexity index is 1440. The molecule has 1 amide bonds. The maximum Gasteiger partial charge on any atom is 0.263 e. The van der Waals surface area contributed by atoms with Gasteiger partial charge in [0.05, 0.1) is 9.79 Å². The summed E-state index contributed by atoms with van der Waals surface area (Å²) in [7, 11) is -7.46. The maximum absolute atomic E-state index is 12.9. The Hall–Kier alpha value is -2.87. The van der Waals surface area contributed by atoms with Gasteiger partial charge in [-0.1, -0.05) is 25.2 Å². The third-order valence-corrected chi connectivity index (χ3v) is 10.1. The van der Waals surface area contributed by atoms with Crippen molar-refractivity contribution in [3.63, 3.8) is 0 Å². The molecule has 4 rings (SSSR count). The van der Waals surface area contributed by atoms with Gasteiger partial charge in [0.25, 0.3) is 15.9 Å². The van der Waals surface area contributed by atoms with E-state index in [1.165, 1.54) is 52.8 Å². The number of piperidine rings is 1. The Morgan fingerprint density at radius 3 is 2.31 bits per heavy atom. The third kappa shape index (κ3) is 5.91. The fourth-order valence-corrected chi connectivity index (χ4v) is 7.33. The minimum atomic E-state index is -3.85. The fraction of sp³-hybridized carbons (Fsp3) is 0.348. The predicted octanol–water partition coefficient (Wildman–Crippen LogP) is 3.57. The molecule has 1 atom stereocenters. The molecule has 1 fully saturated rings. The number of rotatable bonds is 8. The van der Waals surface area contributed by atoms with Gasteiger partial charge in [0.2, 0.25) is 15.2 Å². The second kappa shape index (κ2) is 10.6. The molecule has 13 heteroatoms. The number of anilines is 2. The number of aryl methyl sites for hydroxylation is 1. The van der Waals surface area contributed by atoms with Crippen LogP contribution in [0.1, 0.15) is 42.1 Å². The van der Waals surface area contributed by atoms with Gasteiger partial charge in [0.15, 0.2) is 0 Å². The molecular formula is C23H27N5O5S3. The summed E-state index contributed by atoms with van der Waals surface area (Å²) in [6.07, 6.45) is 2.50. The standard InChI is InChI=1S/C23H27N5O5S3/c1-3-21-25-26-23(34-21)27-35(30,31)19-12-8-18(9-13-19)24-22(29)17-6-10-20(11-7-17)36(32,33)28-14-4-5-16(2)15-28/h6-13,16H,3-5,14-15H2,1-2H3,(H,24,29)(H,26,27)/t16-/m0/s1. The van der Waals surface area contributed by atoms with E-state index in [1.807, 2.05) is 13.8 Å². The zero-order chi connectivity index (χ0) is 25.9. The Kier molecular flexibility index (Phi) is 7.73. The molecule has 0 saturated carbocycles. The van der Waals surface area contributed by atoms with E-state index in [-0.39, 0.29) is 20.5 Å². The van der Waals surface area contributed by atoms with E-state index in [0.29, 0.717) is 31.1 Å². The Morgan fingerprint density at radius 1 is 1.03 bits per heavy atom. The fourth-order valence-electron chi connectivity index (χ4n) is 3.82. The largest absolute Gasteiger partial charge is 0.322 e. The lowest BCUT2D eigenvalue weighted by atomic mass is 10.0. The van der Waals surface area contributed by atoms with Crippen LogP contribution in [0, 0.1) is 5.92 Å². The monoisotopic (exact) mass is 549 g/mol. The number of sulfonamides is 2. The number of aromatic nitrogens is 2. The first-order chi connectivity index (χ1) is 17.1. The van der Waals surface area contributed by atoms with E-state index in [0.717, 1.165) is 29.2 Å². The van der Waals surface area contributed by atoms with Crippen molar-refractivity contribution in [3.8, 4) is 0 Å². The van der Waals surface area contributed by atoms with Crippen molar-refractivity contribution in [2.75, 3.05) is 23.1 Å². The molecule has 2 heterocycles. The number of nitrogens with one attached hydrogen (secondary N) is 2. The van der Waals surface area contributed by atoms with Gasteiger partial charge >= 0.3 is 0 Å². The number of carbonyl (C=O) groups excluding carboxylic acids is 1. The number of hydrogen-bond donors (Lipinski definition) is 2. The van der Waals surface area contributed by atoms with E-state index >= 15 is 0 Å². The molecule has 1 aromatic heterocycles. The van der Waals surface area contributed by atoms with Crippen LogP contribution in [0.15, 0.2) is 58.3 Å². The first-order valence-corrected chi connectivity index (χ1v) is 15.2. The van der Waals surface area contributed by atoms with E-state index in [2.05, 4.69) is 20.2 Å². The van der Waals surface area contributed by atoms with Gasteiger partial charge < -0.3 is 5.32 Å². The van der Waals surface area contributed by atoms with Crippen LogP contribution in [0.25, 0.3) is 0 Å². The van der Waals surface area contributed by atoms with Crippen LogP contribution >= 0.6 is 11.3 Å². The second-order valence-electron chi connectivity index (χ2n) is 8.57. The molecule has 1 aliphatic heterocycles. The van der Waals surface area contributed by atoms with Gasteiger partial charge in [0, 0.05) is 24.3 Å². The van der Waals surface area contributed by atoms with E-state index in [9.17, 15) is 21.6 Å².